The summed E-state index contributed by atoms with van der Waals surface area (Å²) < 4.78 is 0. The number of carbonyl (C=O) groups is 1. The number of hydrogen-bond acceptors (Lipinski definition) is 2. The number of rotatable bonds is 4. The molecule has 0 aliphatic heterocycles. The molecule has 1 aromatic heterocycles. The topological polar surface area (TPSA) is 42.0 Å². The van der Waals surface area contributed by atoms with E-state index in [4.69, 9.17) is 0 Å². The van der Waals surface area contributed by atoms with Crippen LogP contribution in [0.15, 0.2) is 48.7 Å². The Kier molecular flexibility index (Phi) is 7.16. The Morgan fingerprint density at radius 3 is 2.33 bits per heavy atom. The van der Waals surface area contributed by atoms with E-state index in [0.29, 0.717) is 18.0 Å². The Bertz CT molecular complexity index is 539. The number of hydrogen-bond donors (Lipinski definition) is 1. The van der Waals surface area contributed by atoms with Crippen LogP contribution in [-0.2, 0) is 0 Å². The molecule has 0 fully saturated rings. The van der Waals surface area contributed by atoms with Crippen molar-refractivity contribution in [3.8, 4) is 11.3 Å². The maximum absolute atomic E-state index is 11.8. The van der Waals surface area contributed by atoms with E-state index in [9.17, 15) is 4.79 Å². The van der Waals surface area contributed by atoms with Gasteiger partial charge in [-0.2, -0.15) is 0 Å². The normalized spacial score (nSPS) is 9.76. The zero-order chi connectivity index (χ0) is 15.7. The lowest BCUT2D eigenvalue weighted by molar-refractivity contribution is 0.0948. The van der Waals surface area contributed by atoms with E-state index in [1.54, 1.807) is 6.20 Å². The Labute approximate surface area is 128 Å². The molecule has 3 heteroatoms. The molecular formula is C18H26N2O. The van der Waals surface area contributed by atoms with E-state index in [2.05, 4.69) is 24.1 Å². The second-order valence-corrected chi connectivity index (χ2v) is 4.90. The molecule has 0 saturated heterocycles. The molecule has 21 heavy (non-hydrogen) atoms. The highest BCUT2D eigenvalue weighted by Gasteiger charge is 2.07. The average molecular weight is 286 g/mol. The predicted octanol–water partition coefficient (Wildman–Crippen LogP) is 4.41. The maximum Gasteiger partial charge on any atom is 0.252 e. The minimum absolute atomic E-state index is 0. The zero-order valence-corrected chi connectivity index (χ0v) is 13.3. The number of aromatic nitrogens is 1. The smallest absolute Gasteiger partial charge is 0.252 e. The first-order chi connectivity index (χ1) is 10.2. The van der Waals surface area contributed by atoms with Gasteiger partial charge in [0.1, 0.15) is 0 Å². The molecule has 2 aromatic rings. The van der Waals surface area contributed by atoms with Crippen LogP contribution in [0.1, 0.15) is 39.5 Å². The minimum atomic E-state index is -0.0687. The van der Waals surface area contributed by atoms with E-state index in [1.807, 2.05) is 56.3 Å². The third-order valence-electron chi connectivity index (χ3n) is 2.77. The number of nitrogens with one attached hydrogen (secondary N) is 1. The fourth-order valence-electron chi connectivity index (χ4n) is 1.71. The van der Waals surface area contributed by atoms with E-state index in [-0.39, 0.29) is 7.33 Å². The van der Waals surface area contributed by atoms with Crippen molar-refractivity contribution < 1.29 is 6.22 Å². The Hall–Kier alpha value is -2.16. The van der Waals surface area contributed by atoms with Gasteiger partial charge in [-0.3, -0.25) is 9.78 Å². The Morgan fingerprint density at radius 1 is 1.14 bits per heavy atom. The van der Waals surface area contributed by atoms with Crippen molar-refractivity contribution in [1.29, 1.82) is 0 Å². The number of amides is 1. The fraction of sp³-hybridized carbons (Fsp3) is 0.333. The SMILES string of the molecule is CC.CC(C)CNC(=O)c1ccc(-c2ccccc2)nc1.[HH]. The average Bonchev–Trinajstić information content (AvgIpc) is 2.55. The lowest BCUT2D eigenvalue weighted by atomic mass is 10.1. The molecule has 0 aliphatic carbocycles. The van der Waals surface area contributed by atoms with Gasteiger partial charge in [-0.1, -0.05) is 58.0 Å². The van der Waals surface area contributed by atoms with Gasteiger partial charge in [0.25, 0.3) is 5.91 Å². The molecule has 114 valence electrons. The van der Waals surface area contributed by atoms with Crippen LogP contribution >= 0.6 is 0 Å². The van der Waals surface area contributed by atoms with Gasteiger partial charge in [-0.05, 0) is 18.1 Å². The summed E-state index contributed by atoms with van der Waals surface area (Å²) in [5.41, 5.74) is 2.53. The summed E-state index contributed by atoms with van der Waals surface area (Å²) in [4.78, 5) is 16.2. The van der Waals surface area contributed by atoms with Crippen molar-refractivity contribution in [1.82, 2.24) is 10.3 Å². The molecule has 0 aliphatic rings. The number of pyridine rings is 1. The highest BCUT2D eigenvalue weighted by molar-refractivity contribution is 5.94. The first kappa shape index (κ1) is 16.9. The highest BCUT2D eigenvalue weighted by atomic mass is 16.1. The van der Waals surface area contributed by atoms with Crippen molar-refractivity contribution in [2.75, 3.05) is 6.54 Å². The summed E-state index contributed by atoms with van der Waals surface area (Å²) in [7, 11) is 0. The fourth-order valence-corrected chi connectivity index (χ4v) is 1.71. The van der Waals surface area contributed by atoms with Gasteiger partial charge in [-0.25, -0.2) is 0 Å². The van der Waals surface area contributed by atoms with Gasteiger partial charge < -0.3 is 5.32 Å². The van der Waals surface area contributed by atoms with Gasteiger partial charge >= 0.3 is 0 Å². The van der Waals surface area contributed by atoms with E-state index >= 15 is 0 Å². The number of carbonyl (C=O) groups excluding carboxylic acids is 1. The van der Waals surface area contributed by atoms with Crippen molar-refractivity contribution in [3.05, 3.63) is 54.2 Å². The van der Waals surface area contributed by atoms with Crippen LogP contribution in [0.25, 0.3) is 11.3 Å². The summed E-state index contributed by atoms with van der Waals surface area (Å²) in [6, 6.07) is 13.6. The van der Waals surface area contributed by atoms with E-state index in [1.165, 1.54) is 0 Å². The van der Waals surface area contributed by atoms with E-state index in [0.717, 1.165) is 11.3 Å². The molecule has 0 spiro atoms. The Balaban J connectivity index is 0.00000141. The molecule has 0 atom stereocenters. The standard InChI is InChI=1S/C16H18N2O.C2H6.H2/c1-12(2)10-18-16(19)14-8-9-15(17-11-14)13-6-4-3-5-7-13;1-2;/h3-9,11-12H,10H2,1-2H3,(H,18,19);1-2H3;1H. The Morgan fingerprint density at radius 2 is 1.81 bits per heavy atom. The number of nitrogens with zero attached hydrogens (tertiary/aromatic N) is 1. The summed E-state index contributed by atoms with van der Waals surface area (Å²) in [5, 5.41) is 2.88. The third kappa shape index (κ3) is 5.38. The predicted molar refractivity (Wildman–Crippen MR) is 90.3 cm³/mol. The highest BCUT2D eigenvalue weighted by Crippen LogP contribution is 2.16. The summed E-state index contributed by atoms with van der Waals surface area (Å²) in [6.07, 6.45) is 1.62. The molecule has 1 amide bonds. The van der Waals surface area contributed by atoms with Crippen LogP contribution in [0.4, 0.5) is 0 Å². The van der Waals surface area contributed by atoms with E-state index < -0.39 is 0 Å². The van der Waals surface area contributed by atoms with Gasteiger partial charge in [0.05, 0.1) is 11.3 Å². The van der Waals surface area contributed by atoms with Crippen LogP contribution in [0, 0.1) is 5.92 Å². The van der Waals surface area contributed by atoms with Gasteiger partial charge in [-0.15, -0.1) is 0 Å². The molecule has 1 N–H and O–H groups in total. The molecule has 3 nitrogen and oxygen atoms in total. The molecule has 0 saturated carbocycles. The summed E-state index contributed by atoms with van der Waals surface area (Å²) >= 11 is 0. The lowest BCUT2D eigenvalue weighted by Gasteiger charge is -2.07. The van der Waals surface area contributed by atoms with Crippen LogP contribution in [0.2, 0.25) is 0 Å². The first-order valence-electron chi connectivity index (χ1n) is 7.46. The molecule has 0 unspecified atom stereocenters. The summed E-state index contributed by atoms with van der Waals surface area (Å²) in [6.45, 7) is 8.81. The second-order valence-electron chi connectivity index (χ2n) is 4.90. The van der Waals surface area contributed by atoms with Gasteiger partial charge in [0.2, 0.25) is 0 Å². The van der Waals surface area contributed by atoms with Crippen LogP contribution in [-0.4, -0.2) is 17.4 Å². The lowest BCUT2D eigenvalue weighted by Crippen LogP contribution is -2.27. The zero-order valence-electron chi connectivity index (χ0n) is 13.3. The van der Waals surface area contributed by atoms with Crippen LogP contribution in [0.3, 0.4) is 0 Å². The molecule has 0 radical (unpaired) electrons. The monoisotopic (exact) mass is 286 g/mol. The number of benzene rings is 1. The van der Waals surface area contributed by atoms with Gasteiger partial charge in [0, 0.05) is 19.7 Å². The maximum atomic E-state index is 11.8. The quantitative estimate of drug-likeness (QED) is 0.904. The van der Waals surface area contributed by atoms with Crippen LogP contribution in [0.5, 0.6) is 0 Å². The second kappa shape index (κ2) is 8.90. The van der Waals surface area contributed by atoms with Crippen molar-refractivity contribution in [2.24, 2.45) is 5.92 Å². The van der Waals surface area contributed by atoms with Crippen molar-refractivity contribution in [3.63, 3.8) is 0 Å². The molecule has 0 bridgehead atoms. The largest absolute Gasteiger partial charge is 0.352 e. The summed E-state index contributed by atoms with van der Waals surface area (Å²) in [5.74, 6) is 0.376. The molecule has 2 rings (SSSR count). The first-order valence-corrected chi connectivity index (χ1v) is 7.46. The van der Waals surface area contributed by atoms with Crippen molar-refractivity contribution in [2.45, 2.75) is 27.7 Å². The van der Waals surface area contributed by atoms with Gasteiger partial charge in [0.15, 0.2) is 0 Å². The molecule has 1 aromatic carbocycles. The third-order valence-corrected chi connectivity index (χ3v) is 2.77. The van der Waals surface area contributed by atoms with Crippen LogP contribution < -0.4 is 5.32 Å². The molecule has 1 heterocycles. The minimum Gasteiger partial charge on any atom is -0.352 e. The molecular weight excluding hydrogens is 260 g/mol. The van der Waals surface area contributed by atoms with Crippen molar-refractivity contribution >= 4 is 5.91 Å².